The zero-order chi connectivity index (χ0) is 16.4. The van der Waals surface area contributed by atoms with E-state index in [9.17, 15) is 9.18 Å². The SMILES string of the molecule is CC(CC(N)=O)C(c1cccnc1)c1ccc2[nH]ncc2c1F. The molecule has 2 unspecified atom stereocenters. The molecule has 2 heterocycles. The van der Waals surface area contributed by atoms with Gasteiger partial charge < -0.3 is 5.73 Å². The van der Waals surface area contributed by atoms with Crippen LogP contribution in [-0.4, -0.2) is 21.1 Å². The fourth-order valence-corrected chi connectivity index (χ4v) is 3.05. The summed E-state index contributed by atoms with van der Waals surface area (Å²) in [5, 5.41) is 7.06. The third-order valence-electron chi connectivity index (χ3n) is 4.06. The Morgan fingerprint density at radius 2 is 2.17 bits per heavy atom. The van der Waals surface area contributed by atoms with Gasteiger partial charge in [-0.25, -0.2) is 4.39 Å². The van der Waals surface area contributed by atoms with E-state index in [1.54, 1.807) is 30.6 Å². The van der Waals surface area contributed by atoms with Crippen LogP contribution in [0.25, 0.3) is 10.9 Å². The molecule has 0 bridgehead atoms. The van der Waals surface area contributed by atoms with Gasteiger partial charge in [-0.1, -0.05) is 19.1 Å². The highest BCUT2D eigenvalue weighted by molar-refractivity contribution is 5.80. The second-order valence-electron chi connectivity index (χ2n) is 5.71. The third kappa shape index (κ3) is 2.92. The number of nitrogens with zero attached hydrogens (tertiary/aromatic N) is 2. The lowest BCUT2D eigenvalue weighted by molar-refractivity contribution is -0.118. The molecular formula is C17H17FN4O. The number of benzene rings is 1. The Hall–Kier alpha value is -2.76. The average molecular weight is 312 g/mol. The number of hydrogen-bond acceptors (Lipinski definition) is 3. The molecule has 2 aromatic heterocycles. The van der Waals surface area contributed by atoms with Crippen molar-refractivity contribution < 1.29 is 9.18 Å². The van der Waals surface area contributed by atoms with Crippen LogP contribution in [0.3, 0.4) is 0 Å². The number of carbonyl (C=O) groups is 1. The van der Waals surface area contributed by atoms with Crippen LogP contribution in [0, 0.1) is 11.7 Å². The maximum atomic E-state index is 14.9. The summed E-state index contributed by atoms with van der Waals surface area (Å²) in [6.45, 7) is 1.89. The van der Waals surface area contributed by atoms with E-state index in [-0.39, 0.29) is 24.1 Å². The van der Waals surface area contributed by atoms with Crippen molar-refractivity contribution in [1.29, 1.82) is 0 Å². The number of hydrogen-bond donors (Lipinski definition) is 2. The molecule has 0 aliphatic heterocycles. The summed E-state index contributed by atoms with van der Waals surface area (Å²) in [7, 11) is 0. The Labute approximate surface area is 132 Å². The number of primary amides is 1. The fraction of sp³-hybridized carbons (Fsp3) is 0.235. The first-order chi connectivity index (χ1) is 11.1. The minimum absolute atomic E-state index is 0.157. The van der Waals surface area contributed by atoms with Gasteiger partial charge in [0.2, 0.25) is 5.91 Å². The summed E-state index contributed by atoms with van der Waals surface area (Å²) in [4.78, 5) is 15.4. The molecule has 3 N–H and O–H groups in total. The Balaban J connectivity index is 2.13. The minimum Gasteiger partial charge on any atom is -0.370 e. The summed E-state index contributed by atoms with van der Waals surface area (Å²) in [6, 6.07) is 7.20. The van der Waals surface area contributed by atoms with Crippen molar-refractivity contribution in [1.82, 2.24) is 15.2 Å². The number of rotatable bonds is 5. The number of halogens is 1. The molecule has 118 valence electrons. The van der Waals surface area contributed by atoms with Crippen LogP contribution >= 0.6 is 0 Å². The molecule has 3 rings (SSSR count). The highest BCUT2D eigenvalue weighted by atomic mass is 19.1. The quantitative estimate of drug-likeness (QED) is 0.759. The molecule has 0 radical (unpaired) electrons. The first-order valence-electron chi connectivity index (χ1n) is 7.37. The molecule has 1 amide bonds. The van der Waals surface area contributed by atoms with Crippen LogP contribution in [0.4, 0.5) is 4.39 Å². The molecule has 5 nitrogen and oxygen atoms in total. The molecular weight excluding hydrogens is 295 g/mol. The molecule has 0 aliphatic carbocycles. The lowest BCUT2D eigenvalue weighted by Gasteiger charge is -2.24. The highest BCUT2D eigenvalue weighted by Crippen LogP contribution is 2.36. The summed E-state index contributed by atoms with van der Waals surface area (Å²) in [6.07, 6.45) is 4.99. The van der Waals surface area contributed by atoms with E-state index in [4.69, 9.17) is 5.73 Å². The van der Waals surface area contributed by atoms with Crippen LogP contribution in [0.5, 0.6) is 0 Å². The lowest BCUT2D eigenvalue weighted by atomic mass is 9.80. The largest absolute Gasteiger partial charge is 0.370 e. The number of amides is 1. The summed E-state index contributed by atoms with van der Waals surface area (Å²) < 4.78 is 14.9. The van der Waals surface area contributed by atoms with Crippen LogP contribution in [0.15, 0.2) is 42.9 Å². The van der Waals surface area contributed by atoms with Gasteiger partial charge in [-0.3, -0.25) is 14.9 Å². The van der Waals surface area contributed by atoms with Crippen LogP contribution in [0.2, 0.25) is 0 Å². The molecule has 0 saturated carbocycles. The molecule has 2 atom stereocenters. The standard InChI is InChI=1S/C17H17FN4O/c1-10(7-15(19)23)16(11-3-2-6-20-8-11)12-4-5-14-13(17(12)18)9-21-22-14/h2-6,8-10,16H,7H2,1H3,(H2,19,23)(H,21,22). The van der Waals surface area contributed by atoms with Crippen molar-refractivity contribution in [2.75, 3.05) is 0 Å². The number of nitrogens with one attached hydrogen (secondary N) is 1. The molecule has 0 fully saturated rings. The summed E-state index contributed by atoms with van der Waals surface area (Å²) >= 11 is 0. The first-order valence-corrected chi connectivity index (χ1v) is 7.37. The van der Waals surface area contributed by atoms with E-state index in [1.165, 1.54) is 6.20 Å². The zero-order valence-electron chi connectivity index (χ0n) is 12.7. The van der Waals surface area contributed by atoms with Crippen LogP contribution < -0.4 is 5.73 Å². The van der Waals surface area contributed by atoms with Gasteiger partial charge in [0.05, 0.1) is 17.1 Å². The minimum atomic E-state index is -0.406. The lowest BCUT2D eigenvalue weighted by Crippen LogP contribution is -2.21. The molecule has 1 aromatic carbocycles. The number of carbonyl (C=O) groups excluding carboxylic acids is 1. The monoisotopic (exact) mass is 312 g/mol. The van der Waals surface area contributed by atoms with Crippen LogP contribution in [0.1, 0.15) is 30.4 Å². The van der Waals surface area contributed by atoms with Gasteiger partial charge in [0.15, 0.2) is 0 Å². The van der Waals surface area contributed by atoms with Gasteiger partial charge in [0.25, 0.3) is 0 Å². The number of pyridine rings is 1. The molecule has 0 saturated heterocycles. The predicted octanol–water partition coefficient (Wildman–Crippen LogP) is 2.74. The Morgan fingerprint density at radius 3 is 2.87 bits per heavy atom. The topological polar surface area (TPSA) is 84.7 Å². The van der Waals surface area contributed by atoms with Crippen molar-refractivity contribution in [2.45, 2.75) is 19.3 Å². The van der Waals surface area contributed by atoms with E-state index in [2.05, 4.69) is 15.2 Å². The third-order valence-corrected chi connectivity index (χ3v) is 4.06. The van der Waals surface area contributed by atoms with Gasteiger partial charge >= 0.3 is 0 Å². The maximum Gasteiger partial charge on any atom is 0.217 e. The fourth-order valence-electron chi connectivity index (χ4n) is 3.05. The van der Waals surface area contributed by atoms with E-state index < -0.39 is 5.91 Å². The van der Waals surface area contributed by atoms with E-state index in [0.29, 0.717) is 16.5 Å². The second kappa shape index (κ2) is 6.16. The Kier molecular flexibility index (Phi) is 4.06. The molecule has 6 heteroatoms. The van der Waals surface area contributed by atoms with Gasteiger partial charge in [-0.05, 0) is 29.2 Å². The number of aromatic nitrogens is 3. The predicted molar refractivity (Wildman–Crippen MR) is 85.1 cm³/mol. The van der Waals surface area contributed by atoms with E-state index in [0.717, 1.165) is 5.56 Å². The van der Waals surface area contributed by atoms with Crippen molar-refractivity contribution in [3.8, 4) is 0 Å². The average Bonchev–Trinajstić information content (AvgIpc) is 3.00. The van der Waals surface area contributed by atoms with Gasteiger partial charge in [-0.2, -0.15) is 5.10 Å². The van der Waals surface area contributed by atoms with Crippen molar-refractivity contribution in [3.05, 3.63) is 59.8 Å². The highest BCUT2D eigenvalue weighted by Gasteiger charge is 2.26. The summed E-state index contributed by atoms with van der Waals surface area (Å²) in [5.74, 6) is -1.20. The van der Waals surface area contributed by atoms with E-state index in [1.807, 2.05) is 13.0 Å². The maximum absolute atomic E-state index is 14.9. The van der Waals surface area contributed by atoms with Gasteiger partial charge in [0, 0.05) is 24.7 Å². The number of H-pyrrole nitrogens is 1. The van der Waals surface area contributed by atoms with Crippen molar-refractivity contribution in [2.24, 2.45) is 11.7 Å². The van der Waals surface area contributed by atoms with Gasteiger partial charge in [-0.15, -0.1) is 0 Å². The molecule has 3 aromatic rings. The Bertz CT molecular complexity index is 831. The molecule has 0 aliphatic rings. The van der Waals surface area contributed by atoms with Crippen molar-refractivity contribution >= 4 is 16.8 Å². The van der Waals surface area contributed by atoms with E-state index >= 15 is 0 Å². The van der Waals surface area contributed by atoms with Crippen LogP contribution in [-0.2, 0) is 4.79 Å². The van der Waals surface area contributed by atoms with Crippen molar-refractivity contribution in [3.63, 3.8) is 0 Å². The first kappa shape index (κ1) is 15.1. The number of nitrogens with two attached hydrogens (primary N) is 1. The zero-order valence-corrected chi connectivity index (χ0v) is 12.7. The van der Waals surface area contributed by atoms with Gasteiger partial charge in [0.1, 0.15) is 5.82 Å². The normalized spacial score (nSPS) is 13.8. The number of aromatic amines is 1. The molecule has 0 spiro atoms. The second-order valence-corrected chi connectivity index (χ2v) is 5.71. The smallest absolute Gasteiger partial charge is 0.217 e. The number of fused-ring (bicyclic) bond motifs is 1. The summed E-state index contributed by atoms with van der Waals surface area (Å²) in [5.41, 5.74) is 7.34. The Morgan fingerprint density at radius 1 is 1.35 bits per heavy atom. The molecule has 23 heavy (non-hydrogen) atoms.